The predicted octanol–water partition coefficient (Wildman–Crippen LogP) is 1.02. The van der Waals surface area contributed by atoms with Gasteiger partial charge in [-0.3, -0.25) is 9.59 Å². The van der Waals surface area contributed by atoms with E-state index in [4.69, 9.17) is 14.6 Å². The molecule has 1 heterocycles. The molecule has 23 heavy (non-hydrogen) atoms. The molecule has 1 aromatic carbocycles. The number of nitrogens with one attached hydrogen (secondary N) is 2. The van der Waals surface area contributed by atoms with Crippen LogP contribution in [0.1, 0.15) is 12.8 Å². The van der Waals surface area contributed by atoms with Crippen LogP contribution >= 0.6 is 0 Å². The lowest BCUT2D eigenvalue weighted by Gasteiger charge is -2.39. The Labute approximate surface area is 136 Å². The number of nitrogens with zero attached hydrogens (tertiary/aromatic N) is 1. The molecule has 1 aromatic rings. The average Bonchev–Trinajstić information content (AvgIpc) is 2.55. The van der Waals surface area contributed by atoms with E-state index in [9.17, 15) is 4.79 Å². The molecule has 0 saturated carbocycles. The molecule has 0 spiro atoms. The highest BCUT2D eigenvalue weighted by atomic mass is 16.5. The molecule has 7 nitrogen and oxygen atoms in total. The first-order valence-electron chi connectivity index (χ1n) is 7.41. The molecule has 0 radical (unpaired) electrons. The summed E-state index contributed by atoms with van der Waals surface area (Å²) in [5, 5.41) is 13.6. The van der Waals surface area contributed by atoms with Crippen LogP contribution in [0.5, 0.6) is 5.75 Å². The lowest BCUT2D eigenvalue weighted by atomic mass is 9.86. The van der Waals surface area contributed by atoms with Gasteiger partial charge in [0.2, 0.25) is 5.91 Å². The zero-order chi connectivity index (χ0) is 17.3. The third kappa shape index (κ3) is 5.14. The van der Waals surface area contributed by atoms with Gasteiger partial charge in [-0.05, 0) is 38.1 Å². The minimum Gasteiger partial charge on any atom is -0.497 e. The number of benzene rings is 1. The van der Waals surface area contributed by atoms with Crippen molar-refractivity contribution in [3.8, 4) is 5.75 Å². The summed E-state index contributed by atoms with van der Waals surface area (Å²) in [6.07, 6.45) is 1.56. The first-order valence-corrected chi connectivity index (χ1v) is 7.41. The number of carbonyl (C=O) groups is 2. The fraction of sp³-hybridized carbons (Fsp3) is 0.500. The van der Waals surface area contributed by atoms with Crippen LogP contribution in [0.4, 0.5) is 5.69 Å². The smallest absolute Gasteiger partial charge is 0.290 e. The fourth-order valence-electron chi connectivity index (χ4n) is 2.65. The molecule has 0 atom stereocenters. The summed E-state index contributed by atoms with van der Waals surface area (Å²) in [4.78, 5) is 22.6. The van der Waals surface area contributed by atoms with Gasteiger partial charge in [0.15, 0.2) is 0 Å². The quantitative estimate of drug-likeness (QED) is 0.717. The standard InChI is InChI=1S/C15H23N3O2.CH2O2/c1-18(2)14(19)15(7-9-16-10-8-15)17-12-5-4-6-13(11-12)20-3;2-1-3/h4-6,11,16-17H,7-10H2,1-3H3;1H,(H,2,3). The minimum absolute atomic E-state index is 0.127. The highest BCUT2D eigenvalue weighted by molar-refractivity contribution is 5.89. The number of hydrogen-bond acceptors (Lipinski definition) is 5. The number of ether oxygens (including phenoxy) is 1. The Kier molecular flexibility index (Phi) is 7.34. The minimum atomic E-state index is -0.527. The van der Waals surface area contributed by atoms with E-state index in [1.807, 2.05) is 24.3 Å². The molecule has 1 fully saturated rings. The Balaban J connectivity index is 0.000000816. The van der Waals surface area contributed by atoms with E-state index in [0.29, 0.717) is 0 Å². The van der Waals surface area contributed by atoms with Gasteiger partial charge in [0.05, 0.1) is 7.11 Å². The number of methoxy groups -OCH3 is 1. The van der Waals surface area contributed by atoms with E-state index in [1.165, 1.54) is 0 Å². The Morgan fingerprint density at radius 3 is 2.52 bits per heavy atom. The topological polar surface area (TPSA) is 90.9 Å². The summed E-state index contributed by atoms with van der Waals surface area (Å²) >= 11 is 0. The number of carboxylic acid groups (broad SMARTS) is 1. The van der Waals surface area contributed by atoms with Gasteiger partial charge in [0.25, 0.3) is 6.47 Å². The molecule has 7 heteroatoms. The van der Waals surface area contributed by atoms with Crippen LogP contribution in [-0.4, -0.2) is 62.2 Å². The Morgan fingerprint density at radius 2 is 2.00 bits per heavy atom. The summed E-state index contributed by atoms with van der Waals surface area (Å²) in [7, 11) is 5.25. The van der Waals surface area contributed by atoms with Gasteiger partial charge in [-0.25, -0.2) is 0 Å². The van der Waals surface area contributed by atoms with Gasteiger partial charge in [0.1, 0.15) is 11.3 Å². The number of likely N-dealkylation sites (N-methyl/N-ethyl adjacent to an activating group) is 1. The van der Waals surface area contributed by atoms with E-state index in [2.05, 4.69) is 10.6 Å². The lowest BCUT2D eigenvalue weighted by Crippen LogP contribution is -2.57. The van der Waals surface area contributed by atoms with Crippen molar-refractivity contribution < 1.29 is 19.4 Å². The van der Waals surface area contributed by atoms with E-state index < -0.39 is 5.54 Å². The largest absolute Gasteiger partial charge is 0.497 e. The molecular formula is C16H25N3O4. The maximum atomic E-state index is 12.6. The van der Waals surface area contributed by atoms with Crippen molar-refractivity contribution in [1.29, 1.82) is 0 Å². The summed E-state index contributed by atoms with van der Waals surface area (Å²) < 4.78 is 5.24. The van der Waals surface area contributed by atoms with Crippen LogP contribution in [0.15, 0.2) is 24.3 Å². The van der Waals surface area contributed by atoms with Gasteiger partial charge in [-0.1, -0.05) is 6.07 Å². The maximum absolute atomic E-state index is 12.6. The molecule has 3 N–H and O–H groups in total. The number of rotatable bonds is 4. The van der Waals surface area contributed by atoms with Crippen LogP contribution in [0.3, 0.4) is 0 Å². The molecule has 1 aliphatic rings. The average molecular weight is 323 g/mol. The number of carbonyl (C=O) groups excluding carboxylic acids is 1. The molecule has 1 aliphatic heterocycles. The third-order valence-electron chi connectivity index (χ3n) is 3.73. The van der Waals surface area contributed by atoms with Gasteiger partial charge in [0, 0.05) is 25.8 Å². The highest BCUT2D eigenvalue weighted by Gasteiger charge is 2.40. The van der Waals surface area contributed by atoms with Crippen molar-refractivity contribution in [3.63, 3.8) is 0 Å². The lowest BCUT2D eigenvalue weighted by molar-refractivity contribution is -0.134. The first-order chi connectivity index (χ1) is 11.0. The van der Waals surface area contributed by atoms with Crippen LogP contribution in [0, 0.1) is 0 Å². The van der Waals surface area contributed by atoms with Crippen LogP contribution in [-0.2, 0) is 9.59 Å². The maximum Gasteiger partial charge on any atom is 0.290 e. The van der Waals surface area contributed by atoms with E-state index in [-0.39, 0.29) is 12.4 Å². The number of hydrogen-bond donors (Lipinski definition) is 3. The molecule has 128 valence electrons. The van der Waals surface area contributed by atoms with Crippen molar-refractivity contribution in [2.24, 2.45) is 0 Å². The summed E-state index contributed by atoms with van der Waals surface area (Å²) in [5.41, 5.74) is 0.391. The predicted molar refractivity (Wildman–Crippen MR) is 88.8 cm³/mol. The Bertz CT molecular complexity index is 514. The van der Waals surface area contributed by atoms with Gasteiger partial charge in [-0.15, -0.1) is 0 Å². The van der Waals surface area contributed by atoms with E-state index in [0.717, 1.165) is 37.4 Å². The summed E-state index contributed by atoms with van der Waals surface area (Å²) in [6.45, 7) is 1.44. The highest BCUT2D eigenvalue weighted by Crippen LogP contribution is 2.28. The SMILES string of the molecule is COc1cccc(NC2(C(=O)N(C)C)CCNCC2)c1.O=CO. The number of anilines is 1. The van der Waals surface area contributed by atoms with Crippen LogP contribution in [0.2, 0.25) is 0 Å². The van der Waals surface area contributed by atoms with Gasteiger partial charge < -0.3 is 25.4 Å². The second-order valence-electron chi connectivity index (χ2n) is 5.49. The monoisotopic (exact) mass is 323 g/mol. The molecule has 1 saturated heterocycles. The van der Waals surface area contributed by atoms with Gasteiger partial charge >= 0.3 is 0 Å². The van der Waals surface area contributed by atoms with E-state index in [1.54, 1.807) is 26.1 Å². The van der Waals surface area contributed by atoms with Crippen molar-refractivity contribution >= 4 is 18.1 Å². The molecule has 2 rings (SSSR count). The second-order valence-corrected chi connectivity index (χ2v) is 5.49. The van der Waals surface area contributed by atoms with Crippen molar-refractivity contribution in [2.75, 3.05) is 39.6 Å². The Morgan fingerprint density at radius 1 is 1.39 bits per heavy atom. The zero-order valence-corrected chi connectivity index (χ0v) is 13.8. The van der Waals surface area contributed by atoms with Gasteiger partial charge in [-0.2, -0.15) is 0 Å². The first kappa shape index (κ1) is 18.8. The number of piperidine rings is 1. The van der Waals surface area contributed by atoms with Crippen LogP contribution < -0.4 is 15.4 Å². The van der Waals surface area contributed by atoms with Crippen molar-refractivity contribution in [2.45, 2.75) is 18.4 Å². The Hall–Kier alpha value is -2.28. The van der Waals surface area contributed by atoms with E-state index >= 15 is 0 Å². The van der Waals surface area contributed by atoms with Crippen molar-refractivity contribution in [1.82, 2.24) is 10.2 Å². The van der Waals surface area contributed by atoms with Crippen molar-refractivity contribution in [3.05, 3.63) is 24.3 Å². The normalized spacial score (nSPS) is 15.6. The summed E-state index contributed by atoms with van der Waals surface area (Å²) in [5.74, 6) is 0.915. The summed E-state index contributed by atoms with van der Waals surface area (Å²) in [6, 6.07) is 7.71. The number of amides is 1. The molecule has 1 amide bonds. The molecule has 0 aliphatic carbocycles. The second kappa shape index (κ2) is 8.99. The fourth-order valence-corrected chi connectivity index (χ4v) is 2.65. The third-order valence-corrected chi connectivity index (χ3v) is 3.73. The van der Waals surface area contributed by atoms with Crippen LogP contribution in [0.25, 0.3) is 0 Å². The molecule has 0 aromatic heterocycles. The molecule has 0 bridgehead atoms. The zero-order valence-electron chi connectivity index (χ0n) is 13.8. The molecule has 0 unspecified atom stereocenters. The molecular weight excluding hydrogens is 298 g/mol.